The predicted octanol–water partition coefficient (Wildman–Crippen LogP) is 6.07. The fourth-order valence-electron chi connectivity index (χ4n) is 4.27. The summed E-state index contributed by atoms with van der Waals surface area (Å²) in [5.41, 5.74) is 2.19. The average Bonchev–Trinajstić information content (AvgIpc) is 2.91. The topological polar surface area (TPSA) is 42.0 Å². The van der Waals surface area contributed by atoms with Crippen molar-refractivity contribution in [3.05, 3.63) is 63.6 Å². The summed E-state index contributed by atoms with van der Waals surface area (Å²) in [6.07, 6.45) is 2.12. The maximum absolute atomic E-state index is 12.7. The Morgan fingerprint density at radius 3 is 2.45 bits per heavy atom. The Hall–Kier alpha value is -2.20. The van der Waals surface area contributed by atoms with Gasteiger partial charge in [0, 0.05) is 16.8 Å². The molecule has 0 saturated carbocycles. The summed E-state index contributed by atoms with van der Waals surface area (Å²) in [5, 5.41) is 6.80. The molecule has 3 rings (SSSR count). The van der Waals surface area contributed by atoms with Gasteiger partial charge in [0.15, 0.2) is 0 Å². The fourth-order valence-corrected chi connectivity index (χ4v) is 5.37. The normalized spacial score (nSPS) is 12.3. The molecular formula is C25H32N2OS. The number of rotatable bonds is 6. The van der Waals surface area contributed by atoms with Crippen molar-refractivity contribution in [1.29, 1.82) is 0 Å². The van der Waals surface area contributed by atoms with Gasteiger partial charge in [-0.05, 0) is 48.9 Å². The van der Waals surface area contributed by atoms with Gasteiger partial charge in [-0.15, -0.1) is 11.3 Å². The van der Waals surface area contributed by atoms with Crippen molar-refractivity contribution >= 4 is 28.0 Å². The van der Waals surface area contributed by atoms with Gasteiger partial charge >= 0.3 is 0 Å². The van der Waals surface area contributed by atoms with Crippen LogP contribution in [0.25, 0.3) is 10.8 Å². The van der Waals surface area contributed by atoms with Gasteiger partial charge in [0.25, 0.3) is 0 Å². The van der Waals surface area contributed by atoms with E-state index < -0.39 is 0 Å². The first-order valence-corrected chi connectivity index (χ1v) is 11.1. The van der Waals surface area contributed by atoms with Gasteiger partial charge in [0.1, 0.15) is 0 Å². The number of fused-ring (bicyclic) bond motifs is 1. The highest BCUT2D eigenvalue weighted by Gasteiger charge is 2.27. The number of aromatic nitrogens is 1. The van der Waals surface area contributed by atoms with Crippen LogP contribution in [0.4, 0.5) is 0 Å². The SMILES string of the molecule is Cc1nc(Cc2cccc3ccccc23)sc1CC(=O)NC(C)(C)CC(C)(C)C. The minimum absolute atomic E-state index is 0.0720. The number of hydrogen-bond donors (Lipinski definition) is 1. The Labute approximate surface area is 178 Å². The van der Waals surface area contributed by atoms with E-state index in [4.69, 9.17) is 4.98 Å². The van der Waals surface area contributed by atoms with Crippen LogP contribution in [0.1, 0.15) is 62.2 Å². The summed E-state index contributed by atoms with van der Waals surface area (Å²) >= 11 is 1.66. The number of carbonyl (C=O) groups is 1. The Bertz CT molecular complexity index is 1010. The van der Waals surface area contributed by atoms with Gasteiger partial charge in [-0.3, -0.25) is 4.79 Å². The Morgan fingerprint density at radius 1 is 1.03 bits per heavy atom. The van der Waals surface area contributed by atoms with E-state index in [9.17, 15) is 4.79 Å². The van der Waals surface area contributed by atoms with Crippen molar-refractivity contribution in [3.8, 4) is 0 Å². The number of amides is 1. The Morgan fingerprint density at radius 2 is 1.72 bits per heavy atom. The van der Waals surface area contributed by atoms with Gasteiger partial charge < -0.3 is 5.32 Å². The molecular weight excluding hydrogens is 376 g/mol. The zero-order valence-electron chi connectivity index (χ0n) is 18.4. The zero-order chi connectivity index (χ0) is 21.2. The number of carbonyl (C=O) groups excluding carboxylic acids is 1. The van der Waals surface area contributed by atoms with Crippen LogP contribution in [0.5, 0.6) is 0 Å². The molecule has 3 aromatic rings. The third-order valence-corrected chi connectivity index (χ3v) is 6.09. The smallest absolute Gasteiger partial charge is 0.225 e. The number of nitrogens with one attached hydrogen (secondary N) is 1. The van der Waals surface area contributed by atoms with Gasteiger partial charge in [0.2, 0.25) is 5.91 Å². The lowest BCUT2D eigenvalue weighted by Gasteiger charge is -2.33. The molecule has 29 heavy (non-hydrogen) atoms. The Kier molecular flexibility index (Phi) is 6.13. The molecule has 0 radical (unpaired) electrons. The third kappa shape index (κ3) is 5.89. The molecule has 0 unspecified atom stereocenters. The number of thiazole rings is 1. The summed E-state index contributed by atoms with van der Waals surface area (Å²) in [4.78, 5) is 18.5. The summed E-state index contributed by atoms with van der Waals surface area (Å²) in [6.45, 7) is 12.8. The van der Waals surface area contributed by atoms with Crippen molar-refractivity contribution in [3.63, 3.8) is 0 Å². The summed E-state index contributed by atoms with van der Waals surface area (Å²) in [5.74, 6) is 0.0720. The fraction of sp³-hybridized carbons (Fsp3) is 0.440. The third-order valence-electron chi connectivity index (χ3n) is 4.93. The number of hydrogen-bond acceptors (Lipinski definition) is 3. The van der Waals surface area contributed by atoms with Gasteiger partial charge in [0.05, 0.1) is 17.1 Å². The molecule has 2 aromatic carbocycles. The molecule has 0 spiro atoms. The lowest BCUT2D eigenvalue weighted by atomic mass is 9.82. The molecule has 4 heteroatoms. The first kappa shape index (κ1) is 21.5. The van der Waals surface area contributed by atoms with Crippen LogP contribution in [0.15, 0.2) is 42.5 Å². The molecule has 0 aliphatic heterocycles. The highest BCUT2D eigenvalue weighted by molar-refractivity contribution is 7.11. The predicted molar refractivity (Wildman–Crippen MR) is 124 cm³/mol. The molecule has 1 amide bonds. The van der Waals surface area contributed by atoms with Crippen LogP contribution < -0.4 is 5.32 Å². The first-order valence-electron chi connectivity index (χ1n) is 10.3. The van der Waals surface area contributed by atoms with Crippen LogP contribution in [0.3, 0.4) is 0 Å². The highest BCUT2D eigenvalue weighted by Crippen LogP contribution is 2.28. The van der Waals surface area contributed by atoms with Crippen LogP contribution in [-0.4, -0.2) is 16.4 Å². The molecule has 0 saturated heterocycles. The molecule has 1 heterocycles. The maximum atomic E-state index is 12.7. The van der Waals surface area contributed by atoms with Crippen molar-refractivity contribution in [2.45, 2.75) is 66.3 Å². The van der Waals surface area contributed by atoms with E-state index in [1.807, 2.05) is 6.92 Å². The quantitative estimate of drug-likeness (QED) is 0.538. The van der Waals surface area contributed by atoms with E-state index in [2.05, 4.69) is 82.4 Å². The van der Waals surface area contributed by atoms with Crippen LogP contribution in [-0.2, 0) is 17.6 Å². The zero-order valence-corrected chi connectivity index (χ0v) is 19.2. The first-order chi connectivity index (χ1) is 13.5. The second-order valence-corrected chi connectivity index (χ2v) is 10.9. The van der Waals surface area contributed by atoms with Crippen LogP contribution in [0.2, 0.25) is 0 Å². The Balaban J connectivity index is 1.71. The van der Waals surface area contributed by atoms with E-state index >= 15 is 0 Å². The van der Waals surface area contributed by atoms with E-state index in [0.29, 0.717) is 6.42 Å². The van der Waals surface area contributed by atoms with Gasteiger partial charge in [-0.25, -0.2) is 4.98 Å². The van der Waals surface area contributed by atoms with Crippen LogP contribution in [0, 0.1) is 12.3 Å². The van der Waals surface area contributed by atoms with Crippen molar-refractivity contribution in [2.75, 3.05) is 0 Å². The van der Waals surface area contributed by atoms with Crippen molar-refractivity contribution in [2.24, 2.45) is 5.41 Å². The van der Waals surface area contributed by atoms with Gasteiger partial charge in [-0.2, -0.15) is 0 Å². The molecule has 3 nitrogen and oxygen atoms in total. The highest BCUT2D eigenvalue weighted by atomic mass is 32.1. The lowest BCUT2D eigenvalue weighted by molar-refractivity contribution is -0.122. The minimum atomic E-state index is -0.223. The van der Waals surface area contributed by atoms with E-state index in [0.717, 1.165) is 28.4 Å². The average molecular weight is 409 g/mol. The summed E-state index contributed by atoms with van der Waals surface area (Å²) in [6, 6.07) is 14.9. The minimum Gasteiger partial charge on any atom is -0.351 e. The van der Waals surface area contributed by atoms with E-state index in [1.54, 1.807) is 11.3 Å². The van der Waals surface area contributed by atoms with Crippen molar-refractivity contribution in [1.82, 2.24) is 10.3 Å². The summed E-state index contributed by atoms with van der Waals surface area (Å²) < 4.78 is 0. The number of benzene rings is 2. The monoisotopic (exact) mass is 408 g/mol. The van der Waals surface area contributed by atoms with Crippen LogP contribution >= 0.6 is 11.3 Å². The second-order valence-electron chi connectivity index (χ2n) is 9.78. The van der Waals surface area contributed by atoms with Crippen molar-refractivity contribution < 1.29 is 4.79 Å². The molecule has 1 N–H and O–H groups in total. The standard InChI is InChI=1S/C25H32N2OS/c1-17-21(15-22(28)27-25(5,6)16-24(2,3)4)29-23(26-17)14-19-12-9-11-18-10-7-8-13-20(18)19/h7-13H,14-16H2,1-6H3,(H,27,28). The molecule has 0 aliphatic carbocycles. The van der Waals surface area contributed by atoms with Gasteiger partial charge in [-0.1, -0.05) is 63.2 Å². The summed E-state index contributed by atoms with van der Waals surface area (Å²) in [7, 11) is 0. The largest absolute Gasteiger partial charge is 0.351 e. The molecule has 0 aliphatic rings. The molecule has 154 valence electrons. The van der Waals surface area contributed by atoms with E-state index in [1.165, 1.54) is 16.3 Å². The molecule has 1 aromatic heterocycles. The maximum Gasteiger partial charge on any atom is 0.225 e. The number of aryl methyl sites for hydroxylation is 1. The lowest BCUT2D eigenvalue weighted by Crippen LogP contribution is -2.46. The number of nitrogens with zero attached hydrogens (tertiary/aromatic N) is 1. The van der Waals surface area contributed by atoms with E-state index in [-0.39, 0.29) is 16.9 Å². The molecule has 0 fully saturated rings. The molecule has 0 atom stereocenters. The molecule has 0 bridgehead atoms. The second kappa shape index (κ2) is 8.27.